The van der Waals surface area contributed by atoms with Crippen molar-refractivity contribution in [2.24, 2.45) is 7.05 Å². The molecule has 1 N–H and O–H groups in total. The molecule has 2 rings (SSSR count). The van der Waals surface area contributed by atoms with E-state index in [9.17, 15) is 13.2 Å². The maximum absolute atomic E-state index is 12.1. The number of ketones is 1. The Morgan fingerprint density at radius 3 is 2.61 bits per heavy atom. The monoisotopic (exact) mass is 287 g/mol. The van der Waals surface area contributed by atoms with Crippen molar-refractivity contribution < 1.29 is 13.2 Å². The van der Waals surface area contributed by atoms with Gasteiger partial charge in [0.15, 0.2) is 5.78 Å². The van der Waals surface area contributed by atoms with Crippen LogP contribution >= 0.6 is 10.7 Å². The lowest BCUT2D eigenvalue weighted by atomic mass is 10.1. The van der Waals surface area contributed by atoms with Gasteiger partial charge in [-0.2, -0.15) is 5.10 Å². The molecule has 6 nitrogen and oxygen atoms in total. The van der Waals surface area contributed by atoms with Gasteiger partial charge in [-0.25, -0.2) is 8.42 Å². The summed E-state index contributed by atoms with van der Waals surface area (Å²) >= 11 is 0. The number of rotatable bonds is 3. The number of aryl methyl sites for hydroxylation is 1. The number of carbonyl (C=O) groups excluding carboxylic acids is 1. The molecule has 0 aliphatic heterocycles. The molecule has 0 aromatic carbocycles. The highest BCUT2D eigenvalue weighted by Crippen LogP contribution is 2.18. The van der Waals surface area contributed by atoms with Crippen molar-refractivity contribution in [1.29, 1.82) is 0 Å². The lowest BCUT2D eigenvalue weighted by Gasteiger charge is -1.97. The van der Waals surface area contributed by atoms with Crippen molar-refractivity contribution in [3.8, 4) is 0 Å². The largest absolute Gasteiger partial charge is 0.351 e. The van der Waals surface area contributed by atoms with E-state index in [1.165, 1.54) is 18.5 Å². The van der Waals surface area contributed by atoms with Crippen molar-refractivity contribution >= 4 is 25.5 Å². The van der Waals surface area contributed by atoms with Crippen molar-refractivity contribution in [1.82, 2.24) is 14.8 Å². The molecule has 0 fully saturated rings. The average molecular weight is 288 g/mol. The van der Waals surface area contributed by atoms with Gasteiger partial charge in [0.25, 0.3) is 9.05 Å². The molecule has 0 aliphatic rings. The van der Waals surface area contributed by atoms with E-state index in [1.54, 1.807) is 18.7 Å². The Morgan fingerprint density at radius 2 is 2.17 bits per heavy atom. The lowest BCUT2D eigenvalue weighted by Crippen LogP contribution is -2.02. The Bertz CT molecular complexity index is 715. The summed E-state index contributed by atoms with van der Waals surface area (Å²) < 4.78 is 23.7. The van der Waals surface area contributed by atoms with Gasteiger partial charge in [-0.15, -0.1) is 0 Å². The first-order chi connectivity index (χ1) is 8.30. The molecule has 0 spiro atoms. The first kappa shape index (κ1) is 12.8. The number of nitrogens with zero attached hydrogens (tertiary/aromatic N) is 2. The first-order valence-electron chi connectivity index (χ1n) is 4.97. The van der Waals surface area contributed by atoms with E-state index in [0.29, 0.717) is 11.3 Å². The minimum atomic E-state index is -3.86. The summed E-state index contributed by atoms with van der Waals surface area (Å²) in [6, 6.07) is 1.21. The maximum atomic E-state index is 12.1. The summed E-state index contributed by atoms with van der Waals surface area (Å²) in [7, 11) is 3.03. The van der Waals surface area contributed by atoms with Gasteiger partial charge in [-0.3, -0.25) is 9.48 Å². The average Bonchev–Trinajstić information content (AvgIpc) is 2.86. The summed E-state index contributed by atoms with van der Waals surface area (Å²) in [5, 5.41) is 3.76. The molecule has 0 atom stereocenters. The van der Waals surface area contributed by atoms with Gasteiger partial charge in [0, 0.05) is 35.2 Å². The summed E-state index contributed by atoms with van der Waals surface area (Å²) in [5.74, 6) is -0.302. The third kappa shape index (κ3) is 2.19. The molecule has 0 saturated heterocycles. The number of carbonyl (C=O) groups is 1. The topological polar surface area (TPSA) is 84.8 Å². The van der Waals surface area contributed by atoms with Crippen molar-refractivity contribution in [3.05, 3.63) is 35.3 Å². The van der Waals surface area contributed by atoms with Crippen LogP contribution < -0.4 is 0 Å². The van der Waals surface area contributed by atoms with Crippen molar-refractivity contribution in [2.75, 3.05) is 0 Å². The second kappa shape index (κ2) is 4.25. The second-order valence-corrected chi connectivity index (χ2v) is 6.32. The van der Waals surface area contributed by atoms with Gasteiger partial charge in [0.1, 0.15) is 5.03 Å². The molecule has 96 valence electrons. The van der Waals surface area contributed by atoms with Gasteiger partial charge >= 0.3 is 0 Å². The van der Waals surface area contributed by atoms with Crippen LogP contribution in [0.2, 0.25) is 0 Å². The van der Waals surface area contributed by atoms with E-state index in [2.05, 4.69) is 10.1 Å². The Kier molecular flexibility index (Phi) is 3.04. The van der Waals surface area contributed by atoms with Crippen LogP contribution in [0, 0.1) is 6.92 Å². The van der Waals surface area contributed by atoms with E-state index in [1.807, 2.05) is 0 Å². The van der Waals surface area contributed by atoms with Gasteiger partial charge in [-0.05, 0) is 13.0 Å². The molecule has 18 heavy (non-hydrogen) atoms. The van der Waals surface area contributed by atoms with Crippen LogP contribution in [-0.4, -0.2) is 29.0 Å². The molecule has 2 aromatic rings. The van der Waals surface area contributed by atoms with Crippen LogP contribution in [0.25, 0.3) is 0 Å². The molecule has 8 heteroatoms. The van der Waals surface area contributed by atoms with Gasteiger partial charge in [0.05, 0.1) is 11.8 Å². The van der Waals surface area contributed by atoms with E-state index in [-0.39, 0.29) is 16.4 Å². The van der Waals surface area contributed by atoms with Crippen LogP contribution in [0.15, 0.2) is 23.5 Å². The van der Waals surface area contributed by atoms with Gasteiger partial charge < -0.3 is 4.98 Å². The number of halogens is 1. The number of nitrogens with one attached hydrogen (secondary N) is 1. The molecular weight excluding hydrogens is 278 g/mol. The Balaban J connectivity index is 2.42. The highest BCUT2D eigenvalue weighted by atomic mass is 35.7. The van der Waals surface area contributed by atoms with Crippen molar-refractivity contribution in [3.63, 3.8) is 0 Å². The molecule has 0 aliphatic carbocycles. The normalized spacial score (nSPS) is 11.7. The standard InChI is InChI=1S/C10H10ClN3O3S/c1-6-8(5-13-14(6)2)10(15)7-3-9(12-4-7)18(11,16)17/h3-5,12H,1-2H3. The SMILES string of the molecule is Cc1c(C(=O)c2c[nH]c(S(=O)(=O)Cl)c2)cnn1C. The molecule has 2 aromatic heterocycles. The van der Waals surface area contributed by atoms with E-state index in [0.717, 1.165) is 0 Å². The third-order valence-corrected chi connectivity index (χ3v) is 3.92. The quantitative estimate of drug-likeness (QED) is 0.679. The highest BCUT2D eigenvalue weighted by Gasteiger charge is 2.19. The zero-order valence-electron chi connectivity index (χ0n) is 9.64. The minimum absolute atomic E-state index is 0.200. The predicted octanol–water partition coefficient (Wildman–Crippen LogP) is 1.22. The van der Waals surface area contributed by atoms with Crippen LogP contribution in [0.1, 0.15) is 21.6 Å². The summed E-state index contributed by atoms with van der Waals surface area (Å²) in [4.78, 5) is 14.6. The molecule has 0 bridgehead atoms. The van der Waals surface area contributed by atoms with Crippen LogP contribution in [0.4, 0.5) is 0 Å². The zero-order chi connectivity index (χ0) is 13.5. The molecule has 0 saturated carbocycles. The van der Waals surface area contributed by atoms with E-state index in [4.69, 9.17) is 10.7 Å². The fourth-order valence-electron chi connectivity index (χ4n) is 1.52. The third-order valence-electron chi connectivity index (χ3n) is 2.66. The zero-order valence-corrected chi connectivity index (χ0v) is 11.2. The number of hydrogen-bond donors (Lipinski definition) is 1. The number of aromatic amines is 1. The van der Waals surface area contributed by atoms with Crippen LogP contribution in [0.5, 0.6) is 0 Å². The minimum Gasteiger partial charge on any atom is -0.351 e. The van der Waals surface area contributed by atoms with Crippen LogP contribution in [0.3, 0.4) is 0 Å². The first-order valence-corrected chi connectivity index (χ1v) is 7.28. The molecule has 0 unspecified atom stereocenters. The number of H-pyrrole nitrogens is 1. The summed E-state index contributed by atoms with van der Waals surface area (Å²) in [5.41, 5.74) is 1.36. The smallest absolute Gasteiger partial charge is 0.276 e. The Morgan fingerprint density at radius 1 is 1.50 bits per heavy atom. The Labute approximate surface area is 108 Å². The summed E-state index contributed by atoms with van der Waals surface area (Å²) in [6.45, 7) is 1.76. The Hall–Kier alpha value is -1.60. The maximum Gasteiger partial charge on any atom is 0.276 e. The lowest BCUT2D eigenvalue weighted by molar-refractivity contribution is 0.103. The number of aromatic nitrogens is 3. The van der Waals surface area contributed by atoms with E-state index >= 15 is 0 Å². The molecule has 0 amide bonds. The molecular formula is C10H10ClN3O3S. The van der Waals surface area contributed by atoms with Gasteiger partial charge in [0.2, 0.25) is 0 Å². The second-order valence-electron chi connectivity index (χ2n) is 3.79. The van der Waals surface area contributed by atoms with Gasteiger partial charge in [-0.1, -0.05) is 0 Å². The number of hydrogen-bond acceptors (Lipinski definition) is 4. The highest BCUT2D eigenvalue weighted by molar-refractivity contribution is 8.13. The fourth-order valence-corrected chi connectivity index (χ4v) is 2.26. The van der Waals surface area contributed by atoms with Crippen LogP contribution in [-0.2, 0) is 16.1 Å². The molecule has 2 heterocycles. The van der Waals surface area contributed by atoms with Crippen molar-refractivity contribution in [2.45, 2.75) is 11.9 Å². The predicted molar refractivity (Wildman–Crippen MR) is 65.2 cm³/mol. The fraction of sp³-hybridized carbons (Fsp3) is 0.200. The summed E-state index contributed by atoms with van der Waals surface area (Å²) in [6.07, 6.45) is 2.75. The van der Waals surface area contributed by atoms with E-state index < -0.39 is 9.05 Å². The molecule has 0 radical (unpaired) electrons.